The van der Waals surface area contributed by atoms with Crippen molar-refractivity contribution in [2.75, 3.05) is 0 Å². The van der Waals surface area contributed by atoms with Gasteiger partial charge in [0.05, 0.1) is 12.2 Å². The number of hydrogen-bond acceptors (Lipinski definition) is 2. The molecule has 70 valence electrons. The second kappa shape index (κ2) is 3.35. The van der Waals surface area contributed by atoms with Gasteiger partial charge >= 0.3 is 0 Å². The lowest BCUT2D eigenvalue weighted by Gasteiger charge is -2.41. The van der Waals surface area contributed by atoms with Gasteiger partial charge in [0.1, 0.15) is 0 Å². The van der Waals surface area contributed by atoms with Gasteiger partial charge in [0.25, 0.3) is 0 Å². The summed E-state index contributed by atoms with van der Waals surface area (Å²) in [5.41, 5.74) is 0. The van der Waals surface area contributed by atoms with Crippen LogP contribution in [-0.4, -0.2) is 22.4 Å². The fraction of sp³-hybridized carbons (Fsp3) is 1.00. The number of hydrogen-bond donors (Lipinski definition) is 2. The van der Waals surface area contributed by atoms with E-state index in [1.165, 1.54) is 12.8 Å². The van der Waals surface area contributed by atoms with Crippen LogP contribution < -0.4 is 0 Å². The molecule has 2 rings (SSSR count). The number of fused-ring (bicyclic) bond motifs is 1. The molecule has 0 heterocycles. The first kappa shape index (κ1) is 8.52. The molecule has 2 nitrogen and oxygen atoms in total. The topological polar surface area (TPSA) is 40.5 Å². The summed E-state index contributed by atoms with van der Waals surface area (Å²) < 4.78 is 0. The van der Waals surface area contributed by atoms with Crippen molar-refractivity contribution in [3.8, 4) is 0 Å². The molecule has 0 aromatic rings. The van der Waals surface area contributed by atoms with E-state index in [1.807, 2.05) is 0 Å². The molecule has 0 aliphatic heterocycles. The van der Waals surface area contributed by atoms with Crippen molar-refractivity contribution in [2.24, 2.45) is 11.8 Å². The Morgan fingerprint density at radius 2 is 1.25 bits per heavy atom. The Balaban J connectivity index is 2.07. The van der Waals surface area contributed by atoms with Gasteiger partial charge in [0, 0.05) is 5.92 Å². The molecule has 0 amide bonds. The first-order valence-electron chi connectivity index (χ1n) is 5.15. The highest BCUT2D eigenvalue weighted by Gasteiger charge is 2.39. The molecule has 0 saturated heterocycles. The van der Waals surface area contributed by atoms with Crippen molar-refractivity contribution in [2.45, 2.75) is 50.7 Å². The zero-order chi connectivity index (χ0) is 8.55. The normalized spacial score (nSPS) is 48.5. The van der Waals surface area contributed by atoms with E-state index in [0.717, 1.165) is 25.7 Å². The molecule has 0 aromatic carbocycles. The van der Waals surface area contributed by atoms with Gasteiger partial charge in [0.2, 0.25) is 0 Å². The molecule has 2 atom stereocenters. The van der Waals surface area contributed by atoms with Crippen LogP contribution in [0.1, 0.15) is 38.5 Å². The Morgan fingerprint density at radius 3 is 1.67 bits per heavy atom. The molecule has 0 radical (unpaired) electrons. The third kappa shape index (κ3) is 1.38. The minimum atomic E-state index is -0.223. The van der Waals surface area contributed by atoms with Crippen LogP contribution in [0.3, 0.4) is 0 Å². The molecule has 2 heteroatoms. The Morgan fingerprint density at radius 1 is 0.750 bits per heavy atom. The summed E-state index contributed by atoms with van der Waals surface area (Å²) >= 11 is 0. The molecule has 0 aromatic heterocycles. The lowest BCUT2D eigenvalue weighted by Crippen LogP contribution is -2.43. The van der Waals surface area contributed by atoms with Crippen LogP contribution in [0.2, 0.25) is 0 Å². The standard InChI is InChI=1S/C10H18O2/c11-8-5-1-3-7-4-2-6-9(12)10(7)8/h7-12H,1-6H2/t7?,8-,9-,10?/m1/s1. The van der Waals surface area contributed by atoms with Gasteiger partial charge in [-0.3, -0.25) is 0 Å². The van der Waals surface area contributed by atoms with Crippen LogP contribution >= 0.6 is 0 Å². The fourth-order valence-corrected chi connectivity index (χ4v) is 2.98. The maximum atomic E-state index is 9.71. The van der Waals surface area contributed by atoms with E-state index >= 15 is 0 Å². The van der Waals surface area contributed by atoms with Crippen molar-refractivity contribution in [1.29, 1.82) is 0 Å². The summed E-state index contributed by atoms with van der Waals surface area (Å²) in [5.74, 6) is 0.810. The highest BCUT2D eigenvalue weighted by atomic mass is 16.3. The zero-order valence-corrected chi connectivity index (χ0v) is 7.45. The Kier molecular flexibility index (Phi) is 2.37. The third-order valence-corrected chi connectivity index (χ3v) is 3.58. The molecule has 0 unspecified atom stereocenters. The van der Waals surface area contributed by atoms with Crippen molar-refractivity contribution in [1.82, 2.24) is 0 Å². The first-order chi connectivity index (χ1) is 5.79. The van der Waals surface area contributed by atoms with Crippen molar-refractivity contribution >= 4 is 0 Å². The highest BCUT2D eigenvalue weighted by Crippen LogP contribution is 2.40. The molecule has 2 aliphatic rings. The SMILES string of the molecule is O[C@@H]1CCCC2CCC[C@@H](O)C21. The van der Waals surface area contributed by atoms with Crippen LogP contribution in [-0.2, 0) is 0 Å². The lowest BCUT2D eigenvalue weighted by molar-refractivity contribution is -0.0669. The summed E-state index contributed by atoms with van der Waals surface area (Å²) in [6.07, 6.45) is 6.09. The summed E-state index contributed by atoms with van der Waals surface area (Å²) in [5, 5.41) is 19.4. The maximum Gasteiger partial charge on any atom is 0.0595 e. The summed E-state index contributed by atoms with van der Waals surface area (Å²) in [4.78, 5) is 0. The number of aliphatic hydroxyl groups is 2. The van der Waals surface area contributed by atoms with Crippen LogP contribution in [0.4, 0.5) is 0 Å². The third-order valence-electron chi connectivity index (χ3n) is 3.58. The first-order valence-corrected chi connectivity index (χ1v) is 5.15. The van der Waals surface area contributed by atoms with Gasteiger partial charge in [0.15, 0.2) is 0 Å². The average molecular weight is 170 g/mol. The van der Waals surface area contributed by atoms with Gasteiger partial charge in [-0.15, -0.1) is 0 Å². The molecule has 2 aliphatic carbocycles. The van der Waals surface area contributed by atoms with Gasteiger partial charge in [-0.05, 0) is 31.6 Å². The molecule has 2 N–H and O–H groups in total. The predicted molar refractivity (Wildman–Crippen MR) is 46.7 cm³/mol. The molecular weight excluding hydrogens is 152 g/mol. The minimum Gasteiger partial charge on any atom is -0.393 e. The Labute approximate surface area is 73.6 Å². The smallest absolute Gasteiger partial charge is 0.0595 e. The largest absolute Gasteiger partial charge is 0.393 e. The van der Waals surface area contributed by atoms with E-state index in [0.29, 0.717) is 5.92 Å². The van der Waals surface area contributed by atoms with Gasteiger partial charge in [-0.2, -0.15) is 0 Å². The maximum absolute atomic E-state index is 9.71. The second-order valence-electron chi connectivity index (χ2n) is 4.33. The van der Waals surface area contributed by atoms with Crippen molar-refractivity contribution in [3.05, 3.63) is 0 Å². The van der Waals surface area contributed by atoms with E-state index in [9.17, 15) is 10.2 Å². The van der Waals surface area contributed by atoms with E-state index in [4.69, 9.17) is 0 Å². The van der Waals surface area contributed by atoms with Crippen molar-refractivity contribution in [3.63, 3.8) is 0 Å². The highest BCUT2D eigenvalue weighted by molar-refractivity contribution is 4.89. The van der Waals surface area contributed by atoms with Crippen LogP contribution in [0.5, 0.6) is 0 Å². The van der Waals surface area contributed by atoms with Gasteiger partial charge in [-0.1, -0.05) is 12.8 Å². The Bertz CT molecular complexity index is 142. The molecule has 0 bridgehead atoms. The van der Waals surface area contributed by atoms with Crippen molar-refractivity contribution < 1.29 is 10.2 Å². The molecule has 2 saturated carbocycles. The van der Waals surface area contributed by atoms with Crippen LogP contribution in [0.25, 0.3) is 0 Å². The van der Waals surface area contributed by atoms with E-state index in [-0.39, 0.29) is 18.1 Å². The number of rotatable bonds is 0. The Hall–Kier alpha value is -0.0800. The minimum absolute atomic E-state index is 0.201. The quantitative estimate of drug-likeness (QED) is 0.575. The fourth-order valence-electron chi connectivity index (χ4n) is 2.98. The van der Waals surface area contributed by atoms with Crippen LogP contribution in [0, 0.1) is 11.8 Å². The average Bonchev–Trinajstić information content (AvgIpc) is 2.04. The van der Waals surface area contributed by atoms with E-state index < -0.39 is 0 Å². The van der Waals surface area contributed by atoms with E-state index in [2.05, 4.69) is 0 Å². The summed E-state index contributed by atoms with van der Waals surface area (Å²) in [6.45, 7) is 0. The molecule has 0 spiro atoms. The second-order valence-corrected chi connectivity index (χ2v) is 4.33. The molecule has 12 heavy (non-hydrogen) atoms. The zero-order valence-electron chi connectivity index (χ0n) is 7.45. The monoisotopic (exact) mass is 170 g/mol. The van der Waals surface area contributed by atoms with E-state index in [1.54, 1.807) is 0 Å². The summed E-state index contributed by atoms with van der Waals surface area (Å²) in [6, 6.07) is 0. The predicted octanol–water partition coefficient (Wildman–Crippen LogP) is 1.31. The van der Waals surface area contributed by atoms with Gasteiger partial charge in [-0.25, -0.2) is 0 Å². The number of aliphatic hydroxyl groups excluding tert-OH is 2. The molecular formula is C10H18O2. The van der Waals surface area contributed by atoms with Gasteiger partial charge < -0.3 is 10.2 Å². The summed E-state index contributed by atoms with van der Waals surface area (Å²) in [7, 11) is 0. The van der Waals surface area contributed by atoms with Crippen LogP contribution in [0.15, 0.2) is 0 Å². The lowest BCUT2D eigenvalue weighted by atomic mass is 9.68. The molecule has 2 fully saturated rings.